The average molecular weight is 435 g/mol. The van der Waals surface area contributed by atoms with E-state index in [0.717, 1.165) is 0 Å². The molecule has 1 aromatic carbocycles. The number of halogens is 2. The number of carbonyl (C=O) groups excluding carboxylic acids is 1. The summed E-state index contributed by atoms with van der Waals surface area (Å²) in [5.41, 5.74) is 0.863. The number of alkyl halides is 2. The van der Waals surface area contributed by atoms with Crippen LogP contribution in [0.25, 0.3) is 0 Å². The molecule has 1 aliphatic rings. The van der Waals surface area contributed by atoms with E-state index in [0.29, 0.717) is 11.3 Å². The van der Waals surface area contributed by atoms with Crippen LogP contribution in [0.2, 0.25) is 0 Å². The van der Waals surface area contributed by atoms with E-state index < -0.39 is 19.2 Å². The van der Waals surface area contributed by atoms with Crippen molar-refractivity contribution in [3.8, 4) is 0 Å². The molecule has 0 bridgehead atoms. The summed E-state index contributed by atoms with van der Waals surface area (Å²) < 4.78 is 27.8. The molecule has 4 nitrogen and oxygen atoms in total. The second kappa shape index (κ2) is 5.78. The first-order valence-electron chi connectivity index (χ1n) is 6.12. The third kappa shape index (κ3) is 3.19. The van der Waals surface area contributed by atoms with Crippen LogP contribution in [-0.2, 0) is 14.8 Å². The van der Waals surface area contributed by atoms with Gasteiger partial charge >= 0.3 is 0 Å². The zero-order valence-corrected chi connectivity index (χ0v) is 15.4. The Morgan fingerprint density at radius 1 is 1.24 bits per heavy atom. The Morgan fingerprint density at radius 3 is 2.38 bits per heavy atom. The lowest BCUT2D eigenvalue weighted by Crippen LogP contribution is -2.46. The van der Waals surface area contributed by atoms with Crippen molar-refractivity contribution < 1.29 is 13.2 Å². The largest absolute Gasteiger partial charge is 0.294 e. The van der Waals surface area contributed by atoms with Crippen LogP contribution in [0.4, 0.5) is 0 Å². The van der Waals surface area contributed by atoms with Crippen LogP contribution in [0.3, 0.4) is 0 Å². The highest BCUT2D eigenvalue weighted by molar-refractivity contribution is 9.13. The molecule has 0 spiro atoms. The summed E-state index contributed by atoms with van der Waals surface area (Å²) in [4.78, 5) is 11.4. The minimum Gasteiger partial charge on any atom is -0.294 e. The minimum atomic E-state index is -3.82. The van der Waals surface area contributed by atoms with Crippen molar-refractivity contribution >= 4 is 53.4 Å². The number of hydrogen-bond donors (Lipinski definition) is 0. The molecule has 112 valence electrons. The third-order valence-corrected chi connectivity index (χ3v) is 7.28. The third-order valence-electron chi connectivity index (χ3n) is 3.17. The van der Waals surface area contributed by atoms with Crippen molar-refractivity contribution in [3.63, 3.8) is 0 Å². The summed E-state index contributed by atoms with van der Waals surface area (Å²) in [6.45, 7) is 3.40. The fourth-order valence-electron chi connectivity index (χ4n) is 2.05. The van der Waals surface area contributed by atoms with Crippen molar-refractivity contribution in [1.82, 2.24) is 0 Å². The first-order valence-corrected chi connectivity index (χ1v) is 9.27. The monoisotopic (exact) mass is 433 g/mol. The van der Waals surface area contributed by atoms with Gasteiger partial charge in [0.2, 0.25) is 0 Å². The van der Waals surface area contributed by atoms with Gasteiger partial charge in [0.25, 0.3) is 10.0 Å². The number of nitrogens with zero attached hydrogens (tertiary/aromatic N) is 1. The van der Waals surface area contributed by atoms with Gasteiger partial charge in [0.05, 0.1) is 19.8 Å². The van der Waals surface area contributed by atoms with Crippen LogP contribution < -0.4 is 0 Å². The maximum atomic E-state index is 12.4. The Kier molecular flexibility index (Phi) is 4.56. The Bertz CT molecular complexity index is 737. The highest BCUT2D eigenvalue weighted by Crippen LogP contribution is 2.37. The number of carbonyl (C=O) groups is 1. The number of rotatable bonds is 2. The Labute approximate surface area is 140 Å². The molecule has 1 aromatic rings. The molecule has 0 amide bonds. The maximum absolute atomic E-state index is 12.4. The van der Waals surface area contributed by atoms with Crippen molar-refractivity contribution in [3.05, 3.63) is 42.0 Å². The standard InChI is InChI=1S/C14H13Br2NO3S/c1-9-8-11(18)12(15)14(2,16)13(9)17-21(19,20)10-6-4-3-5-7-10/h3-8,12H,1-2H3/t12-,14-/m1/s1. The van der Waals surface area contributed by atoms with E-state index in [9.17, 15) is 13.2 Å². The Morgan fingerprint density at radius 2 is 1.81 bits per heavy atom. The van der Waals surface area contributed by atoms with E-state index in [-0.39, 0.29) is 10.7 Å². The molecule has 2 rings (SSSR count). The van der Waals surface area contributed by atoms with Crippen molar-refractivity contribution in [2.24, 2.45) is 4.40 Å². The molecule has 0 aromatic heterocycles. The summed E-state index contributed by atoms with van der Waals surface area (Å²) in [6, 6.07) is 7.99. The molecule has 0 radical (unpaired) electrons. The summed E-state index contributed by atoms with van der Waals surface area (Å²) in [5, 5.41) is 0. The normalized spacial score (nSPS) is 28.6. The molecule has 0 aliphatic heterocycles. The molecule has 0 saturated heterocycles. The van der Waals surface area contributed by atoms with Crippen LogP contribution in [0.1, 0.15) is 13.8 Å². The molecule has 0 saturated carbocycles. The van der Waals surface area contributed by atoms with Gasteiger partial charge in [0.1, 0.15) is 0 Å². The SMILES string of the molecule is CC1=CC(=O)[C@@H](Br)[C@@](C)(Br)C1=NS(=O)(=O)c1ccccc1. The fourth-order valence-corrected chi connectivity index (χ4v) is 4.33. The van der Waals surface area contributed by atoms with E-state index >= 15 is 0 Å². The molecule has 7 heteroatoms. The van der Waals surface area contributed by atoms with Crippen molar-refractivity contribution in [2.75, 3.05) is 0 Å². The molecule has 0 unspecified atom stereocenters. The summed E-state index contributed by atoms with van der Waals surface area (Å²) >= 11 is 6.72. The second-order valence-electron chi connectivity index (χ2n) is 4.90. The molecule has 0 heterocycles. The lowest BCUT2D eigenvalue weighted by molar-refractivity contribution is -0.114. The minimum absolute atomic E-state index is 0.122. The molecule has 1 aliphatic carbocycles. The quantitative estimate of drug-likeness (QED) is 0.671. The Balaban J connectivity index is 2.59. The molecular weight excluding hydrogens is 422 g/mol. The summed E-state index contributed by atoms with van der Waals surface area (Å²) in [7, 11) is -3.82. The first kappa shape index (κ1) is 16.6. The Hall–Kier alpha value is -0.790. The smallest absolute Gasteiger partial charge is 0.282 e. The zero-order chi connectivity index (χ0) is 15.8. The topological polar surface area (TPSA) is 63.6 Å². The van der Waals surface area contributed by atoms with E-state index in [1.54, 1.807) is 32.0 Å². The van der Waals surface area contributed by atoms with Gasteiger partial charge in [-0.15, -0.1) is 0 Å². The van der Waals surface area contributed by atoms with E-state index in [2.05, 4.69) is 36.3 Å². The van der Waals surface area contributed by atoms with E-state index in [4.69, 9.17) is 0 Å². The van der Waals surface area contributed by atoms with Crippen LogP contribution in [-0.4, -0.2) is 29.1 Å². The molecule has 21 heavy (non-hydrogen) atoms. The van der Waals surface area contributed by atoms with Gasteiger partial charge in [-0.3, -0.25) is 4.79 Å². The number of hydrogen-bond acceptors (Lipinski definition) is 3. The van der Waals surface area contributed by atoms with Crippen LogP contribution in [0, 0.1) is 0 Å². The van der Waals surface area contributed by atoms with Gasteiger partial charge in [-0.05, 0) is 37.6 Å². The lowest BCUT2D eigenvalue weighted by Gasteiger charge is -2.32. The molecular formula is C14H13Br2NO3S. The van der Waals surface area contributed by atoms with Gasteiger partial charge in [-0.25, -0.2) is 0 Å². The first-order chi connectivity index (χ1) is 9.66. The highest BCUT2D eigenvalue weighted by Gasteiger charge is 2.43. The van der Waals surface area contributed by atoms with Gasteiger partial charge < -0.3 is 0 Å². The molecule has 0 fully saturated rings. The van der Waals surface area contributed by atoms with Crippen molar-refractivity contribution in [1.29, 1.82) is 0 Å². The van der Waals surface area contributed by atoms with Crippen LogP contribution >= 0.6 is 31.9 Å². The second-order valence-corrected chi connectivity index (χ2v) is 9.06. The van der Waals surface area contributed by atoms with Crippen LogP contribution in [0.5, 0.6) is 0 Å². The number of allylic oxidation sites excluding steroid dienone is 2. The summed E-state index contributed by atoms with van der Waals surface area (Å²) in [5.74, 6) is -0.122. The fraction of sp³-hybridized carbons (Fsp3) is 0.286. The molecule has 2 atom stereocenters. The van der Waals surface area contributed by atoms with Gasteiger partial charge in [0, 0.05) is 0 Å². The van der Waals surface area contributed by atoms with Gasteiger partial charge in [-0.1, -0.05) is 50.1 Å². The van der Waals surface area contributed by atoms with Gasteiger partial charge in [-0.2, -0.15) is 12.8 Å². The van der Waals surface area contributed by atoms with Crippen molar-refractivity contribution in [2.45, 2.75) is 27.9 Å². The molecule has 0 N–H and O–H groups in total. The number of benzene rings is 1. The van der Waals surface area contributed by atoms with E-state index in [1.165, 1.54) is 18.2 Å². The van der Waals surface area contributed by atoms with Crippen LogP contribution in [0.15, 0.2) is 51.3 Å². The predicted molar refractivity (Wildman–Crippen MR) is 89.9 cm³/mol. The number of ketones is 1. The highest BCUT2D eigenvalue weighted by atomic mass is 79.9. The predicted octanol–water partition coefficient (Wildman–Crippen LogP) is 3.26. The maximum Gasteiger partial charge on any atom is 0.282 e. The average Bonchev–Trinajstić information content (AvgIpc) is 2.43. The number of sulfonamides is 1. The zero-order valence-electron chi connectivity index (χ0n) is 11.4. The lowest BCUT2D eigenvalue weighted by atomic mass is 9.88. The summed E-state index contributed by atoms with van der Waals surface area (Å²) in [6.07, 6.45) is 1.40. The van der Waals surface area contributed by atoms with Gasteiger partial charge in [0.15, 0.2) is 5.78 Å². The van der Waals surface area contributed by atoms with E-state index in [1.807, 2.05) is 0 Å².